The molecule has 22 heavy (non-hydrogen) atoms. The van der Waals surface area contributed by atoms with Crippen LogP contribution in [0.15, 0.2) is 72.9 Å². The molecule has 108 valence electrons. The molecule has 0 spiro atoms. The van der Waals surface area contributed by atoms with Gasteiger partial charge in [-0.3, -0.25) is 9.78 Å². The van der Waals surface area contributed by atoms with E-state index in [1.165, 1.54) is 6.92 Å². The second-order valence-electron chi connectivity index (χ2n) is 4.92. The quantitative estimate of drug-likeness (QED) is 0.532. The number of aromatic nitrogens is 1. The lowest BCUT2D eigenvalue weighted by Crippen LogP contribution is -2.00. The van der Waals surface area contributed by atoms with Gasteiger partial charge in [0.25, 0.3) is 0 Å². The molecule has 0 amide bonds. The highest BCUT2D eigenvalue weighted by atomic mass is 16.5. The predicted molar refractivity (Wildman–Crippen MR) is 86.4 cm³/mol. The summed E-state index contributed by atoms with van der Waals surface area (Å²) in [4.78, 5) is 15.4. The van der Waals surface area contributed by atoms with E-state index in [9.17, 15) is 4.79 Å². The van der Waals surface area contributed by atoms with Gasteiger partial charge in [-0.15, -0.1) is 0 Å². The van der Waals surface area contributed by atoms with Gasteiger partial charge in [0, 0.05) is 24.2 Å². The Kier molecular flexibility index (Phi) is 3.97. The van der Waals surface area contributed by atoms with Gasteiger partial charge >= 0.3 is 5.97 Å². The van der Waals surface area contributed by atoms with E-state index < -0.39 is 0 Å². The van der Waals surface area contributed by atoms with E-state index in [-0.39, 0.29) is 5.97 Å². The molecule has 0 aliphatic heterocycles. The van der Waals surface area contributed by atoms with Gasteiger partial charge < -0.3 is 4.74 Å². The van der Waals surface area contributed by atoms with Crippen LogP contribution in [0, 0.1) is 0 Å². The molecule has 3 rings (SSSR count). The number of carbonyl (C=O) groups is 1. The van der Waals surface area contributed by atoms with Crippen LogP contribution < -0.4 is 4.74 Å². The van der Waals surface area contributed by atoms with Crippen LogP contribution in [-0.4, -0.2) is 11.0 Å². The Balaban J connectivity index is 1.82. The maximum Gasteiger partial charge on any atom is 0.308 e. The van der Waals surface area contributed by atoms with Crippen LogP contribution in [0.3, 0.4) is 0 Å². The van der Waals surface area contributed by atoms with Crippen LogP contribution in [-0.2, 0) is 4.79 Å². The topological polar surface area (TPSA) is 39.2 Å². The Hall–Kier alpha value is -2.94. The van der Waals surface area contributed by atoms with Crippen molar-refractivity contribution in [3.05, 3.63) is 72.9 Å². The maximum atomic E-state index is 10.9. The van der Waals surface area contributed by atoms with E-state index in [0.717, 1.165) is 22.4 Å². The van der Waals surface area contributed by atoms with E-state index in [1.807, 2.05) is 60.8 Å². The number of hydrogen-bond donors (Lipinski definition) is 0. The maximum absolute atomic E-state index is 10.9. The van der Waals surface area contributed by atoms with Crippen molar-refractivity contribution in [1.29, 1.82) is 0 Å². The number of hydrogen-bond acceptors (Lipinski definition) is 3. The van der Waals surface area contributed by atoms with Crippen molar-refractivity contribution in [2.24, 2.45) is 0 Å². The normalized spacial score (nSPS) is 10.2. The molecule has 3 nitrogen and oxygen atoms in total. The third-order valence-corrected chi connectivity index (χ3v) is 3.28. The molecule has 0 aliphatic carbocycles. The van der Waals surface area contributed by atoms with Gasteiger partial charge in [0.15, 0.2) is 0 Å². The van der Waals surface area contributed by atoms with Crippen LogP contribution in [0.2, 0.25) is 0 Å². The predicted octanol–water partition coefficient (Wildman–Crippen LogP) is 4.34. The molecular weight excluding hydrogens is 274 g/mol. The summed E-state index contributed by atoms with van der Waals surface area (Å²) < 4.78 is 5.03. The molecule has 0 bridgehead atoms. The summed E-state index contributed by atoms with van der Waals surface area (Å²) in [5, 5.41) is 0. The van der Waals surface area contributed by atoms with Crippen LogP contribution in [0.4, 0.5) is 0 Å². The number of nitrogens with zero attached hydrogens (tertiary/aromatic N) is 1. The van der Waals surface area contributed by atoms with Crippen LogP contribution in [0.25, 0.3) is 22.4 Å². The minimum atomic E-state index is -0.318. The monoisotopic (exact) mass is 289 g/mol. The fourth-order valence-electron chi connectivity index (χ4n) is 2.23. The average Bonchev–Trinajstić information content (AvgIpc) is 2.56. The molecule has 0 saturated heterocycles. The zero-order chi connectivity index (χ0) is 15.4. The zero-order valence-electron chi connectivity index (χ0n) is 12.2. The molecule has 0 unspecified atom stereocenters. The average molecular weight is 289 g/mol. The van der Waals surface area contributed by atoms with Gasteiger partial charge in [-0.2, -0.15) is 0 Å². The van der Waals surface area contributed by atoms with E-state index in [2.05, 4.69) is 4.98 Å². The summed E-state index contributed by atoms with van der Waals surface area (Å²) in [5.41, 5.74) is 4.09. The second-order valence-corrected chi connectivity index (χ2v) is 4.92. The molecule has 0 aliphatic rings. The molecule has 0 radical (unpaired) electrons. The number of pyridine rings is 1. The van der Waals surface area contributed by atoms with Gasteiger partial charge in [-0.25, -0.2) is 0 Å². The van der Waals surface area contributed by atoms with Crippen molar-refractivity contribution in [3.63, 3.8) is 0 Å². The highest BCUT2D eigenvalue weighted by molar-refractivity contribution is 5.71. The number of esters is 1. The molecule has 1 heterocycles. The Morgan fingerprint density at radius 2 is 1.50 bits per heavy atom. The highest BCUT2D eigenvalue weighted by Gasteiger charge is 2.03. The molecule has 3 aromatic rings. The number of rotatable bonds is 3. The van der Waals surface area contributed by atoms with E-state index in [0.29, 0.717) is 5.75 Å². The number of carbonyl (C=O) groups excluding carboxylic acids is 1. The van der Waals surface area contributed by atoms with E-state index >= 15 is 0 Å². The summed E-state index contributed by atoms with van der Waals surface area (Å²) in [5.74, 6) is 0.228. The van der Waals surface area contributed by atoms with Gasteiger partial charge in [0.2, 0.25) is 0 Å². The summed E-state index contributed by atoms with van der Waals surface area (Å²) in [6, 6.07) is 21.5. The number of benzene rings is 2. The Morgan fingerprint density at radius 1 is 0.818 bits per heavy atom. The van der Waals surface area contributed by atoms with Gasteiger partial charge in [0.05, 0.1) is 5.69 Å². The fraction of sp³-hybridized carbons (Fsp3) is 0.0526. The molecule has 0 atom stereocenters. The van der Waals surface area contributed by atoms with E-state index in [4.69, 9.17) is 4.74 Å². The lowest BCUT2D eigenvalue weighted by molar-refractivity contribution is -0.131. The fourth-order valence-corrected chi connectivity index (χ4v) is 2.23. The van der Waals surface area contributed by atoms with Crippen molar-refractivity contribution >= 4 is 5.97 Å². The van der Waals surface area contributed by atoms with Crippen LogP contribution in [0.5, 0.6) is 5.75 Å². The third kappa shape index (κ3) is 3.20. The molecule has 0 N–H and O–H groups in total. The SMILES string of the molecule is CC(=O)Oc1ccc(-c2ccc(-c3ccccc3)nc2)cc1. The zero-order valence-corrected chi connectivity index (χ0v) is 12.2. The van der Waals surface area contributed by atoms with Crippen LogP contribution >= 0.6 is 0 Å². The summed E-state index contributed by atoms with van der Waals surface area (Å²) in [6.45, 7) is 1.39. The van der Waals surface area contributed by atoms with Crippen LogP contribution in [0.1, 0.15) is 6.92 Å². The minimum Gasteiger partial charge on any atom is -0.427 e. The van der Waals surface area contributed by atoms with Crippen molar-refractivity contribution < 1.29 is 9.53 Å². The Morgan fingerprint density at radius 3 is 2.09 bits per heavy atom. The van der Waals surface area contributed by atoms with Gasteiger partial charge in [0.1, 0.15) is 5.75 Å². The molecule has 3 heteroatoms. The van der Waals surface area contributed by atoms with Crippen molar-refractivity contribution in [3.8, 4) is 28.1 Å². The lowest BCUT2D eigenvalue weighted by atomic mass is 10.1. The third-order valence-electron chi connectivity index (χ3n) is 3.28. The summed E-state index contributed by atoms with van der Waals surface area (Å²) >= 11 is 0. The number of ether oxygens (including phenoxy) is 1. The minimum absolute atomic E-state index is 0.318. The first-order valence-electron chi connectivity index (χ1n) is 7.03. The van der Waals surface area contributed by atoms with Gasteiger partial charge in [-0.1, -0.05) is 48.5 Å². The standard InChI is InChI=1S/C19H15NO2/c1-14(21)22-18-10-7-15(8-11-18)17-9-12-19(20-13-17)16-5-3-2-4-6-16/h2-13H,1H3. The molecule has 0 fully saturated rings. The molecule has 2 aromatic carbocycles. The van der Waals surface area contributed by atoms with Crippen molar-refractivity contribution in [1.82, 2.24) is 4.98 Å². The molecule has 0 saturated carbocycles. The first-order chi connectivity index (χ1) is 10.7. The lowest BCUT2D eigenvalue weighted by Gasteiger charge is -2.05. The summed E-state index contributed by atoms with van der Waals surface area (Å²) in [6.07, 6.45) is 1.85. The van der Waals surface area contributed by atoms with Crippen molar-refractivity contribution in [2.75, 3.05) is 0 Å². The van der Waals surface area contributed by atoms with Crippen molar-refractivity contribution in [2.45, 2.75) is 6.92 Å². The second kappa shape index (κ2) is 6.22. The largest absolute Gasteiger partial charge is 0.427 e. The molecule has 1 aromatic heterocycles. The highest BCUT2D eigenvalue weighted by Crippen LogP contribution is 2.24. The summed E-state index contributed by atoms with van der Waals surface area (Å²) in [7, 11) is 0. The Labute approximate surface area is 129 Å². The molecular formula is C19H15NO2. The van der Waals surface area contributed by atoms with E-state index in [1.54, 1.807) is 12.1 Å². The Bertz CT molecular complexity index is 763. The smallest absolute Gasteiger partial charge is 0.308 e. The van der Waals surface area contributed by atoms with Gasteiger partial charge in [-0.05, 0) is 23.8 Å². The first-order valence-corrected chi connectivity index (χ1v) is 7.03. The first kappa shape index (κ1) is 14.0.